The van der Waals surface area contributed by atoms with Crippen molar-refractivity contribution >= 4 is 5.97 Å². The summed E-state index contributed by atoms with van der Waals surface area (Å²) in [7, 11) is 0. The molecule has 0 aromatic heterocycles. The zero-order valence-corrected chi connectivity index (χ0v) is 9.58. The Kier molecular flexibility index (Phi) is 4.43. The van der Waals surface area contributed by atoms with E-state index in [2.05, 4.69) is 6.92 Å². The van der Waals surface area contributed by atoms with Crippen molar-refractivity contribution in [2.45, 2.75) is 59.0 Å². The molecule has 0 saturated heterocycles. The third-order valence-electron chi connectivity index (χ3n) is 3.33. The minimum absolute atomic E-state index is 0.0591. The third kappa shape index (κ3) is 3.32. The van der Waals surface area contributed by atoms with Crippen LogP contribution in [0.15, 0.2) is 0 Å². The van der Waals surface area contributed by atoms with Crippen molar-refractivity contribution in [2.75, 3.05) is 0 Å². The van der Waals surface area contributed by atoms with Crippen molar-refractivity contribution in [1.29, 1.82) is 0 Å². The van der Waals surface area contributed by atoms with Crippen LogP contribution < -0.4 is 0 Å². The van der Waals surface area contributed by atoms with E-state index < -0.39 is 0 Å². The van der Waals surface area contributed by atoms with Gasteiger partial charge in [0.2, 0.25) is 0 Å². The maximum Gasteiger partial charge on any atom is 0.305 e. The van der Waals surface area contributed by atoms with Crippen LogP contribution in [0.5, 0.6) is 0 Å². The minimum atomic E-state index is -0.0591. The molecule has 1 atom stereocenters. The van der Waals surface area contributed by atoms with Gasteiger partial charge in [-0.1, -0.05) is 26.7 Å². The molecule has 0 bridgehead atoms. The Morgan fingerprint density at radius 3 is 2.43 bits per heavy atom. The number of hydrogen-bond acceptors (Lipinski definition) is 2. The molecule has 14 heavy (non-hydrogen) atoms. The molecule has 0 N–H and O–H groups in total. The van der Waals surface area contributed by atoms with Crippen LogP contribution in [0, 0.1) is 11.8 Å². The predicted molar refractivity (Wildman–Crippen MR) is 57.0 cm³/mol. The van der Waals surface area contributed by atoms with E-state index in [9.17, 15) is 4.79 Å². The van der Waals surface area contributed by atoms with Crippen LogP contribution in [0.3, 0.4) is 0 Å². The average Bonchev–Trinajstić information content (AvgIpc) is 2.18. The summed E-state index contributed by atoms with van der Waals surface area (Å²) in [6.07, 6.45) is 5.64. The van der Waals surface area contributed by atoms with Crippen LogP contribution in [0.2, 0.25) is 0 Å². The number of rotatable bonds is 3. The third-order valence-corrected chi connectivity index (χ3v) is 3.33. The standard InChI is InChI=1S/C12H22O2/c1-4-12(13)14-10(3)11-7-5-9(2)6-8-11/h9-11H,4-8H2,1-3H3. The molecular weight excluding hydrogens is 176 g/mol. The van der Waals surface area contributed by atoms with Crippen molar-refractivity contribution in [2.24, 2.45) is 11.8 Å². The first-order chi connectivity index (χ1) is 6.63. The highest BCUT2D eigenvalue weighted by Crippen LogP contribution is 2.31. The molecular formula is C12H22O2. The molecule has 1 rings (SSSR count). The summed E-state index contributed by atoms with van der Waals surface area (Å²) < 4.78 is 5.34. The Morgan fingerprint density at radius 1 is 1.36 bits per heavy atom. The van der Waals surface area contributed by atoms with Crippen LogP contribution in [0.4, 0.5) is 0 Å². The zero-order valence-electron chi connectivity index (χ0n) is 9.58. The Labute approximate surface area is 87.0 Å². The molecule has 0 aromatic carbocycles. The molecule has 0 radical (unpaired) electrons. The van der Waals surface area contributed by atoms with Crippen molar-refractivity contribution in [3.05, 3.63) is 0 Å². The molecule has 0 spiro atoms. The van der Waals surface area contributed by atoms with Gasteiger partial charge in [-0.3, -0.25) is 4.79 Å². The van der Waals surface area contributed by atoms with E-state index in [-0.39, 0.29) is 12.1 Å². The van der Waals surface area contributed by atoms with E-state index in [0.29, 0.717) is 12.3 Å². The quantitative estimate of drug-likeness (QED) is 0.651. The van der Waals surface area contributed by atoms with E-state index in [0.717, 1.165) is 5.92 Å². The van der Waals surface area contributed by atoms with Gasteiger partial charge in [-0.25, -0.2) is 0 Å². The molecule has 1 aliphatic carbocycles. The van der Waals surface area contributed by atoms with Crippen molar-refractivity contribution in [3.63, 3.8) is 0 Å². The molecule has 1 fully saturated rings. The largest absolute Gasteiger partial charge is 0.462 e. The topological polar surface area (TPSA) is 26.3 Å². The smallest absolute Gasteiger partial charge is 0.305 e. The van der Waals surface area contributed by atoms with Crippen molar-refractivity contribution < 1.29 is 9.53 Å². The fourth-order valence-electron chi connectivity index (χ4n) is 2.14. The number of hydrogen-bond donors (Lipinski definition) is 0. The van der Waals surface area contributed by atoms with Gasteiger partial charge in [0, 0.05) is 6.42 Å². The van der Waals surface area contributed by atoms with Crippen molar-refractivity contribution in [3.8, 4) is 0 Å². The van der Waals surface area contributed by atoms with E-state index in [1.807, 2.05) is 13.8 Å². The van der Waals surface area contributed by atoms with Gasteiger partial charge in [0.1, 0.15) is 6.10 Å². The number of ether oxygens (including phenoxy) is 1. The van der Waals surface area contributed by atoms with Crippen molar-refractivity contribution in [1.82, 2.24) is 0 Å². The summed E-state index contributed by atoms with van der Waals surface area (Å²) in [5.74, 6) is 1.40. The number of carbonyl (C=O) groups excluding carboxylic acids is 1. The first-order valence-electron chi connectivity index (χ1n) is 5.83. The summed E-state index contributed by atoms with van der Waals surface area (Å²) in [6.45, 7) is 6.19. The molecule has 1 unspecified atom stereocenters. The summed E-state index contributed by atoms with van der Waals surface area (Å²) >= 11 is 0. The molecule has 0 aromatic rings. The SMILES string of the molecule is CCC(=O)OC(C)C1CCC(C)CC1. The molecule has 2 heteroatoms. The van der Waals surface area contributed by atoms with Crippen LogP contribution in [-0.2, 0) is 9.53 Å². The van der Waals surface area contributed by atoms with Gasteiger partial charge < -0.3 is 4.74 Å². The second-order valence-electron chi connectivity index (χ2n) is 4.57. The van der Waals surface area contributed by atoms with Crippen LogP contribution in [0.25, 0.3) is 0 Å². The predicted octanol–water partition coefficient (Wildman–Crippen LogP) is 3.15. The van der Waals surface area contributed by atoms with Gasteiger partial charge in [-0.05, 0) is 31.6 Å². The van der Waals surface area contributed by atoms with Crippen LogP contribution in [0.1, 0.15) is 52.9 Å². The fourth-order valence-corrected chi connectivity index (χ4v) is 2.14. The maximum atomic E-state index is 11.1. The number of carbonyl (C=O) groups is 1. The lowest BCUT2D eigenvalue weighted by molar-refractivity contribution is -0.151. The summed E-state index contributed by atoms with van der Waals surface area (Å²) in [4.78, 5) is 11.1. The highest BCUT2D eigenvalue weighted by atomic mass is 16.5. The van der Waals surface area contributed by atoms with E-state index in [1.54, 1.807) is 0 Å². The molecule has 1 aliphatic rings. The van der Waals surface area contributed by atoms with Gasteiger partial charge in [0.25, 0.3) is 0 Å². The first kappa shape index (κ1) is 11.5. The Balaban J connectivity index is 2.30. The van der Waals surface area contributed by atoms with E-state index in [1.165, 1.54) is 25.7 Å². The monoisotopic (exact) mass is 198 g/mol. The molecule has 82 valence electrons. The van der Waals surface area contributed by atoms with Gasteiger partial charge in [0.15, 0.2) is 0 Å². The lowest BCUT2D eigenvalue weighted by Gasteiger charge is -2.30. The van der Waals surface area contributed by atoms with Crippen LogP contribution in [-0.4, -0.2) is 12.1 Å². The average molecular weight is 198 g/mol. The molecule has 1 saturated carbocycles. The summed E-state index contributed by atoms with van der Waals surface area (Å²) in [5.41, 5.74) is 0. The van der Waals surface area contributed by atoms with E-state index >= 15 is 0 Å². The van der Waals surface area contributed by atoms with Gasteiger partial charge in [-0.15, -0.1) is 0 Å². The normalized spacial score (nSPS) is 29.6. The number of esters is 1. The zero-order chi connectivity index (χ0) is 10.6. The van der Waals surface area contributed by atoms with E-state index in [4.69, 9.17) is 4.74 Å². The molecule has 0 aliphatic heterocycles. The second-order valence-corrected chi connectivity index (χ2v) is 4.57. The van der Waals surface area contributed by atoms with Gasteiger partial charge in [-0.2, -0.15) is 0 Å². The Morgan fingerprint density at radius 2 is 1.93 bits per heavy atom. The maximum absolute atomic E-state index is 11.1. The lowest BCUT2D eigenvalue weighted by atomic mass is 9.80. The first-order valence-corrected chi connectivity index (χ1v) is 5.83. The Hall–Kier alpha value is -0.530. The highest BCUT2D eigenvalue weighted by molar-refractivity contribution is 5.69. The summed E-state index contributed by atoms with van der Waals surface area (Å²) in [5, 5.41) is 0. The van der Waals surface area contributed by atoms with Gasteiger partial charge in [0.05, 0.1) is 0 Å². The fraction of sp³-hybridized carbons (Fsp3) is 0.917. The molecule has 2 nitrogen and oxygen atoms in total. The Bertz CT molecular complexity index is 181. The molecule has 0 amide bonds. The molecule has 0 heterocycles. The van der Waals surface area contributed by atoms with Crippen LogP contribution >= 0.6 is 0 Å². The summed E-state index contributed by atoms with van der Waals surface area (Å²) in [6, 6.07) is 0. The lowest BCUT2D eigenvalue weighted by Crippen LogP contribution is -2.27. The second kappa shape index (κ2) is 5.38. The minimum Gasteiger partial charge on any atom is -0.462 e. The van der Waals surface area contributed by atoms with Gasteiger partial charge >= 0.3 is 5.97 Å². The highest BCUT2D eigenvalue weighted by Gasteiger charge is 2.25.